The largest absolute Gasteiger partial charge is 0.506 e. The number of nitrogens with zero attached hydrogens (tertiary/aromatic N) is 1. The van der Waals surface area contributed by atoms with Gasteiger partial charge in [-0.15, -0.1) is 0 Å². The number of phenolic OH excluding ortho intramolecular Hbond substituents is 1. The number of aromatic hydroxyl groups is 1. The quantitative estimate of drug-likeness (QED) is 0.237. The summed E-state index contributed by atoms with van der Waals surface area (Å²) in [5, 5.41) is 18.2. The minimum absolute atomic E-state index is 0.0697. The summed E-state index contributed by atoms with van der Waals surface area (Å²) in [6.07, 6.45) is 1.52. The van der Waals surface area contributed by atoms with Gasteiger partial charge in [-0.3, -0.25) is 9.59 Å². The highest BCUT2D eigenvalue weighted by Crippen LogP contribution is 2.26. The van der Waals surface area contributed by atoms with Crippen LogP contribution >= 0.6 is 11.6 Å². The number of hydrazone groups is 1. The number of phenols is 1. The number of amides is 2. The van der Waals surface area contributed by atoms with E-state index in [1.165, 1.54) is 24.4 Å². The van der Waals surface area contributed by atoms with Crippen molar-refractivity contribution in [1.82, 2.24) is 5.43 Å². The molecule has 4 aromatic rings. The van der Waals surface area contributed by atoms with Crippen LogP contribution in [0, 0.1) is 0 Å². The first-order valence-corrected chi connectivity index (χ1v) is 11.1. The Hall–Kier alpha value is -4.20. The third-order valence-electron chi connectivity index (χ3n) is 5.16. The maximum Gasteiger partial charge on any atom is 0.271 e. The van der Waals surface area contributed by atoms with Crippen molar-refractivity contribution in [3.05, 3.63) is 107 Å². The van der Waals surface area contributed by atoms with Crippen LogP contribution in [0.25, 0.3) is 10.8 Å². The molecule has 0 aliphatic carbocycles. The summed E-state index contributed by atoms with van der Waals surface area (Å²) in [6, 6.07) is 24.9. The van der Waals surface area contributed by atoms with Crippen molar-refractivity contribution in [3.8, 4) is 5.75 Å². The van der Waals surface area contributed by atoms with Crippen molar-refractivity contribution in [2.75, 3.05) is 11.9 Å². The first-order chi connectivity index (χ1) is 17.0. The van der Waals surface area contributed by atoms with E-state index in [4.69, 9.17) is 16.3 Å². The van der Waals surface area contributed by atoms with Gasteiger partial charge in [-0.05, 0) is 35.2 Å². The van der Waals surface area contributed by atoms with E-state index in [9.17, 15) is 14.7 Å². The molecule has 0 spiro atoms. The zero-order valence-electron chi connectivity index (χ0n) is 18.6. The monoisotopic (exact) mass is 487 g/mol. The average molecular weight is 488 g/mol. The van der Waals surface area contributed by atoms with Crippen LogP contribution < -0.4 is 10.7 Å². The maximum atomic E-state index is 12.4. The molecule has 0 aliphatic heterocycles. The van der Waals surface area contributed by atoms with Crippen LogP contribution in [0.1, 0.15) is 21.5 Å². The number of nitrogens with one attached hydrogen (secondary N) is 2. The van der Waals surface area contributed by atoms with E-state index in [2.05, 4.69) is 15.8 Å². The second-order valence-electron chi connectivity index (χ2n) is 7.64. The first kappa shape index (κ1) is 23.9. The Morgan fingerprint density at radius 1 is 0.943 bits per heavy atom. The molecule has 0 atom stereocenters. The smallest absolute Gasteiger partial charge is 0.271 e. The molecule has 4 aromatic carbocycles. The van der Waals surface area contributed by atoms with Crippen LogP contribution in [0.2, 0.25) is 5.02 Å². The summed E-state index contributed by atoms with van der Waals surface area (Å²) in [5.74, 6) is -0.827. The third kappa shape index (κ3) is 6.23. The number of halogens is 1. The molecule has 8 heteroatoms. The highest BCUT2D eigenvalue weighted by atomic mass is 35.5. The number of benzene rings is 4. The van der Waals surface area contributed by atoms with Crippen molar-refractivity contribution in [1.29, 1.82) is 0 Å². The van der Waals surface area contributed by atoms with Crippen molar-refractivity contribution in [2.24, 2.45) is 5.10 Å². The summed E-state index contributed by atoms with van der Waals surface area (Å²) < 4.78 is 5.52. The van der Waals surface area contributed by atoms with Crippen LogP contribution in [0.3, 0.4) is 0 Å². The van der Waals surface area contributed by atoms with Crippen molar-refractivity contribution in [2.45, 2.75) is 6.61 Å². The number of carbonyl (C=O) groups is 2. The Kier molecular flexibility index (Phi) is 7.72. The molecule has 0 saturated heterocycles. The van der Waals surface area contributed by atoms with E-state index >= 15 is 0 Å². The number of fused-ring (bicyclic) bond motifs is 1. The molecular weight excluding hydrogens is 466 g/mol. The molecule has 176 valence electrons. The molecule has 3 N–H and O–H groups in total. The molecule has 35 heavy (non-hydrogen) atoms. The van der Waals surface area contributed by atoms with E-state index in [1.807, 2.05) is 54.6 Å². The molecule has 0 heterocycles. The van der Waals surface area contributed by atoms with Gasteiger partial charge in [0.1, 0.15) is 12.4 Å². The van der Waals surface area contributed by atoms with E-state index in [0.717, 1.165) is 21.9 Å². The van der Waals surface area contributed by atoms with Crippen LogP contribution in [0.4, 0.5) is 5.69 Å². The predicted octanol–water partition coefficient (Wildman–Crippen LogP) is 5.12. The molecule has 0 unspecified atom stereocenters. The lowest BCUT2D eigenvalue weighted by Gasteiger charge is -2.11. The highest BCUT2D eigenvalue weighted by Gasteiger charge is 2.10. The Bertz CT molecular complexity index is 1390. The van der Waals surface area contributed by atoms with Gasteiger partial charge in [-0.1, -0.05) is 72.3 Å². The Balaban J connectivity index is 1.42. The topological polar surface area (TPSA) is 100 Å². The lowest BCUT2D eigenvalue weighted by molar-refractivity contribution is -0.121. The number of hydrogen-bond donors (Lipinski definition) is 3. The lowest BCUT2D eigenvalue weighted by Crippen LogP contribution is -2.18. The fraction of sp³-hybridized carbons (Fsp3) is 0.0741. The molecule has 0 radical (unpaired) electrons. The van der Waals surface area contributed by atoms with Gasteiger partial charge >= 0.3 is 0 Å². The molecule has 0 aromatic heterocycles. The summed E-state index contributed by atoms with van der Waals surface area (Å²) in [6.45, 7) is 0.284. The van der Waals surface area contributed by atoms with Crippen LogP contribution in [0.15, 0.2) is 90.0 Å². The molecule has 0 fully saturated rings. The normalized spacial score (nSPS) is 11.0. The van der Waals surface area contributed by atoms with Crippen LogP contribution in [0.5, 0.6) is 5.75 Å². The Morgan fingerprint density at radius 2 is 1.69 bits per heavy atom. The Labute approximate surface area is 207 Å². The molecule has 0 saturated carbocycles. The summed E-state index contributed by atoms with van der Waals surface area (Å²) in [5.41, 5.74) is 5.11. The lowest BCUT2D eigenvalue weighted by atomic mass is 10.0. The SMILES string of the molecule is O=C(COCc1ccccc1)Nc1ccc(C=NNC(=O)c2ccc(O)c(Cl)c2)c2ccccc12. The zero-order chi connectivity index (χ0) is 24.6. The molecule has 0 bridgehead atoms. The maximum absolute atomic E-state index is 12.4. The molecule has 4 rings (SSSR count). The third-order valence-corrected chi connectivity index (χ3v) is 5.46. The first-order valence-electron chi connectivity index (χ1n) is 10.8. The van der Waals surface area contributed by atoms with Crippen molar-refractivity contribution in [3.63, 3.8) is 0 Å². The summed E-state index contributed by atoms with van der Waals surface area (Å²) in [7, 11) is 0. The second-order valence-corrected chi connectivity index (χ2v) is 8.05. The summed E-state index contributed by atoms with van der Waals surface area (Å²) >= 11 is 5.85. The summed E-state index contributed by atoms with van der Waals surface area (Å²) in [4.78, 5) is 24.7. The van der Waals surface area contributed by atoms with Crippen molar-refractivity contribution >= 4 is 46.1 Å². The van der Waals surface area contributed by atoms with E-state index < -0.39 is 5.91 Å². The van der Waals surface area contributed by atoms with Gasteiger partial charge in [0.2, 0.25) is 5.91 Å². The van der Waals surface area contributed by atoms with Crippen LogP contribution in [-0.2, 0) is 16.1 Å². The van der Waals surface area contributed by atoms with Gasteiger partial charge in [-0.25, -0.2) is 5.43 Å². The van der Waals surface area contributed by atoms with Gasteiger partial charge in [0, 0.05) is 22.2 Å². The number of hydrogen-bond acceptors (Lipinski definition) is 5. The van der Waals surface area contributed by atoms with Crippen LogP contribution in [-0.4, -0.2) is 29.7 Å². The van der Waals surface area contributed by atoms with Gasteiger partial charge in [0.05, 0.1) is 17.8 Å². The Morgan fingerprint density at radius 3 is 2.46 bits per heavy atom. The van der Waals surface area contributed by atoms with E-state index in [1.54, 1.807) is 12.1 Å². The standard InChI is InChI=1S/C27H22ClN3O4/c28-23-14-19(11-13-25(23)32)27(34)31-29-15-20-10-12-24(22-9-5-4-8-21(20)22)30-26(33)17-35-16-18-6-2-1-3-7-18/h1-15,32H,16-17H2,(H,30,33)(H,31,34). The van der Waals surface area contributed by atoms with Gasteiger partial charge < -0.3 is 15.2 Å². The molecule has 7 nitrogen and oxygen atoms in total. The van der Waals surface area contributed by atoms with E-state index in [0.29, 0.717) is 12.3 Å². The highest BCUT2D eigenvalue weighted by molar-refractivity contribution is 6.32. The van der Waals surface area contributed by atoms with Gasteiger partial charge in [-0.2, -0.15) is 5.10 Å². The van der Waals surface area contributed by atoms with Crippen molar-refractivity contribution < 1.29 is 19.4 Å². The number of rotatable bonds is 8. The zero-order valence-corrected chi connectivity index (χ0v) is 19.3. The average Bonchev–Trinajstić information content (AvgIpc) is 2.87. The van der Waals surface area contributed by atoms with Gasteiger partial charge in [0.25, 0.3) is 5.91 Å². The number of ether oxygens (including phenoxy) is 1. The second kappa shape index (κ2) is 11.3. The van der Waals surface area contributed by atoms with Gasteiger partial charge in [0.15, 0.2) is 0 Å². The minimum Gasteiger partial charge on any atom is -0.506 e. The minimum atomic E-state index is -0.466. The fourth-order valence-electron chi connectivity index (χ4n) is 3.44. The molecule has 2 amide bonds. The fourth-order valence-corrected chi connectivity index (χ4v) is 3.62. The number of anilines is 1. The van der Waals surface area contributed by atoms with E-state index in [-0.39, 0.29) is 28.8 Å². The molecule has 0 aliphatic rings. The molecular formula is C27H22ClN3O4. The number of carbonyl (C=O) groups excluding carboxylic acids is 2. The predicted molar refractivity (Wildman–Crippen MR) is 137 cm³/mol.